The van der Waals surface area contributed by atoms with Gasteiger partial charge in [0.05, 0.1) is 12.1 Å². The van der Waals surface area contributed by atoms with Crippen LogP contribution in [0.25, 0.3) is 0 Å². The number of carbonyl (C=O) groups excluding carboxylic acids is 2. The van der Waals surface area contributed by atoms with Gasteiger partial charge >= 0.3 is 6.18 Å². The van der Waals surface area contributed by atoms with Crippen LogP contribution >= 0.6 is 0 Å². The third-order valence-corrected chi connectivity index (χ3v) is 4.09. The molecule has 6 nitrogen and oxygen atoms in total. The molecule has 1 N–H and O–H groups in total. The van der Waals surface area contributed by atoms with Gasteiger partial charge in [0.25, 0.3) is 5.56 Å². The number of likely N-dealkylation sites (N-methyl/N-ethyl adjacent to an activating group) is 1. The van der Waals surface area contributed by atoms with Crippen LogP contribution in [-0.4, -0.2) is 34.9 Å². The Balaban J connectivity index is 2.04. The molecule has 0 aliphatic heterocycles. The number of nitrogens with zero attached hydrogens (tertiary/aromatic N) is 2. The Labute approximate surface area is 159 Å². The van der Waals surface area contributed by atoms with E-state index in [0.717, 1.165) is 22.1 Å². The van der Waals surface area contributed by atoms with E-state index < -0.39 is 35.7 Å². The number of anilines is 1. The monoisotopic (exact) mass is 395 g/mol. The molecule has 150 valence electrons. The lowest BCUT2D eigenvalue weighted by Crippen LogP contribution is -2.38. The number of aromatic nitrogens is 1. The van der Waals surface area contributed by atoms with Crippen LogP contribution in [0.4, 0.5) is 18.9 Å². The largest absolute Gasteiger partial charge is 0.417 e. The van der Waals surface area contributed by atoms with E-state index in [4.69, 9.17) is 0 Å². The zero-order valence-electron chi connectivity index (χ0n) is 15.6. The molecule has 1 aromatic carbocycles. The molecule has 0 spiro atoms. The van der Waals surface area contributed by atoms with E-state index in [-0.39, 0.29) is 6.54 Å². The van der Waals surface area contributed by atoms with Gasteiger partial charge in [-0.25, -0.2) is 0 Å². The van der Waals surface area contributed by atoms with Crippen molar-refractivity contribution in [2.24, 2.45) is 0 Å². The first-order valence-corrected chi connectivity index (χ1v) is 8.36. The van der Waals surface area contributed by atoms with E-state index in [1.54, 1.807) is 6.07 Å². The molecule has 0 unspecified atom stereocenters. The number of carbonyl (C=O) groups is 2. The fourth-order valence-corrected chi connectivity index (χ4v) is 2.45. The molecule has 2 rings (SSSR count). The van der Waals surface area contributed by atoms with Crippen molar-refractivity contribution in [1.29, 1.82) is 0 Å². The molecule has 28 heavy (non-hydrogen) atoms. The number of pyridine rings is 1. The summed E-state index contributed by atoms with van der Waals surface area (Å²) in [5.74, 6) is -1.13. The first-order valence-electron chi connectivity index (χ1n) is 8.36. The molecular weight excluding hydrogens is 375 g/mol. The van der Waals surface area contributed by atoms with Crippen molar-refractivity contribution in [3.8, 4) is 0 Å². The summed E-state index contributed by atoms with van der Waals surface area (Å²) in [7, 11) is 1.34. The Morgan fingerprint density at radius 3 is 2.46 bits per heavy atom. The molecular formula is C19H20F3N3O3. The van der Waals surface area contributed by atoms with Gasteiger partial charge in [-0.1, -0.05) is 12.1 Å². The van der Waals surface area contributed by atoms with Gasteiger partial charge < -0.3 is 14.8 Å². The molecule has 1 aromatic heterocycles. The fourth-order valence-electron chi connectivity index (χ4n) is 2.45. The Kier molecular flexibility index (Phi) is 6.27. The van der Waals surface area contributed by atoms with E-state index in [2.05, 4.69) is 5.32 Å². The Morgan fingerprint density at radius 1 is 1.14 bits per heavy atom. The van der Waals surface area contributed by atoms with Crippen molar-refractivity contribution >= 4 is 17.5 Å². The summed E-state index contributed by atoms with van der Waals surface area (Å²) in [6.45, 7) is 2.79. The van der Waals surface area contributed by atoms with Gasteiger partial charge in [-0.2, -0.15) is 13.2 Å². The van der Waals surface area contributed by atoms with Crippen molar-refractivity contribution in [3.63, 3.8) is 0 Å². The molecule has 0 fully saturated rings. The number of halogens is 3. The Bertz CT molecular complexity index is 951. The van der Waals surface area contributed by atoms with Crippen LogP contribution in [0.1, 0.15) is 16.7 Å². The highest BCUT2D eigenvalue weighted by Crippen LogP contribution is 2.28. The van der Waals surface area contributed by atoms with Gasteiger partial charge in [0, 0.05) is 25.0 Å². The molecule has 0 bridgehead atoms. The van der Waals surface area contributed by atoms with E-state index in [0.29, 0.717) is 22.5 Å². The van der Waals surface area contributed by atoms with Crippen LogP contribution in [0.5, 0.6) is 0 Å². The zero-order valence-corrected chi connectivity index (χ0v) is 15.6. The van der Waals surface area contributed by atoms with E-state index in [9.17, 15) is 27.6 Å². The summed E-state index contributed by atoms with van der Waals surface area (Å²) in [5, 5.41) is 2.69. The van der Waals surface area contributed by atoms with Gasteiger partial charge in [-0.05, 0) is 37.1 Å². The molecule has 0 atom stereocenters. The SMILES string of the molecule is Cc1ccc(C)c(NC(=O)CN(C)C(=O)Cn2cc(C(F)(F)F)ccc2=O)c1. The number of alkyl halides is 3. The summed E-state index contributed by atoms with van der Waals surface area (Å²) in [6, 6.07) is 6.94. The molecule has 0 aliphatic carbocycles. The van der Waals surface area contributed by atoms with Crippen molar-refractivity contribution < 1.29 is 22.8 Å². The topological polar surface area (TPSA) is 71.4 Å². The second-order valence-electron chi connectivity index (χ2n) is 6.50. The Morgan fingerprint density at radius 2 is 1.82 bits per heavy atom. The molecule has 9 heteroatoms. The van der Waals surface area contributed by atoms with Gasteiger partial charge in [0.2, 0.25) is 11.8 Å². The highest BCUT2D eigenvalue weighted by Gasteiger charge is 2.31. The average molecular weight is 395 g/mol. The lowest BCUT2D eigenvalue weighted by Gasteiger charge is -2.18. The minimum Gasteiger partial charge on any atom is -0.335 e. The summed E-state index contributed by atoms with van der Waals surface area (Å²) in [5.41, 5.74) is 0.641. The minimum atomic E-state index is -4.63. The maximum atomic E-state index is 12.8. The molecule has 1 heterocycles. The first-order chi connectivity index (χ1) is 13.0. The number of benzene rings is 1. The van der Waals surface area contributed by atoms with E-state index in [1.165, 1.54) is 7.05 Å². The summed E-state index contributed by atoms with van der Waals surface area (Å²) in [6.07, 6.45) is -4.04. The van der Waals surface area contributed by atoms with Gasteiger partial charge in [0.15, 0.2) is 0 Å². The first kappa shape index (κ1) is 21.2. The number of hydrogen-bond acceptors (Lipinski definition) is 3. The predicted octanol–water partition coefficient (Wildman–Crippen LogP) is 2.58. The van der Waals surface area contributed by atoms with E-state index >= 15 is 0 Å². The van der Waals surface area contributed by atoms with Crippen molar-refractivity contribution in [1.82, 2.24) is 9.47 Å². The average Bonchev–Trinajstić information content (AvgIpc) is 2.58. The summed E-state index contributed by atoms with van der Waals surface area (Å²) < 4.78 is 39.0. The lowest BCUT2D eigenvalue weighted by atomic mass is 10.1. The van der Waals surface area contributed by atoms with Crippen LogP contribution < -0.4 is 10.9 Å². The normalized spacial score (nSPS) is 11.2. The molecule has 0 saturated heterocycles. The number of rotatable bonds is 5. The highest BCUT2D eigenvalue weighted by atomic mass is 19.4. The lowest BCUT2D eigenvalue weighted by molar-refractivity contribution is -0.138. The number of aryl methyl sites for hydroxylation is 2. The quantitative estimate of drug-likeness (QED) is 0.846. The van der Waals surface area contributed by atoms with Crippen LogP contribution in [0.15, 0.2) is 41.3 Å². The van der Waals surface area contributed by atoms with Crippen molar-refractivity contribution in [3.05, 3.63) is 63.6 Å². The summed E-state index contributed by atoms with van der Waals surface area (Å²) >= 11 is 0. The van der Waals surface area contributed by atoms with Crippen LogP contribution in [0.3, 0.4) is 0 Å². The number of hydrogen-bond donors (Lipinski definition) is 1. The maximum Gasteiger partial charge on any atom is 0.417 e. The predicted molar refractivity (Wildman–Crippen MR) is 97.9 cm³/mol. The van der Waals surface area contributed by atoms with E-state index in [1.807, 2.05) is 26.0 Å². The van der Waals surface area contributed by atoms with Crippen LogP contribution in [0, 0.1) is 13.8 Å². The van der Waals surface area contributed by atoms with Gasteiger partial charge in [0.1, 0.15) is 6.54 Å². The third kappa shape index (κ3) is 5.45. The van der Waals surface area contributed by atoms with Gasteiger partial charge in [-0.15, -0.1) is 0 Å². The molecule has 0 radical (unpaired) electrons. The third-order valence-electron chi connectivity index (χ3n) is 4.09. The Hall–Kier alpha value is -3.10. The summed E-state index contributed by atoms with van der Waals surface area (Å²) in [4.78, 5) is 37.2. The number of nitrogens with one attached hydrogen (secondary N) is 1. The van der Waals surface area contributed by atoms with Crippen LogP contribution in [0.2, 0.25) is 0 Å². The molecule has 0 saturated carbocycles. The zero-order chi connectivity index (χ0) is 21.1. The minimum absolute atomic E-state index is 0.306. The fraction of sp³-hybridized carbons (Fsp3) is 0.316. The van der Waals surface area contributed by atoms with Crippen molar-refractivity contribution in [2.75, 3.05) is 18.9 Å². The smallest absolute Gasteiger partial charge is 0.335 e. The molecule has 0 aliphatic rings. The van der Waals surface area contributed by atoms with Crippen LogP contribution in [-0.2, 0) is 22.3 Å². The second-order valence-corrected chi connectivity index (χ2v) is 6.50. The van der Waals surface area contributed by atoms with Crippen molar-refractivity contribution in [2.45, 2.75) is 26.6 Å². The number of amides is 2. The maximum absolute atomic E-state index is 12.8. The molecule has 2 amide bonds. The standard InChI is InChI=1S/C19H20F3N3O3/c1-12-4-5-13(2)15(8-12)23-16(26)10-24(3)18(28)11-25-9-14(19(20,21)22)6-7-17(25)27/h4-9H,10-11H2,1-3H3,(H,23,26). The highest BCUT2D eigenvalue weighted by molar-refractivity contribution is 5.95. The second kappa shape index (κ2) is 8.28. The van der Waals surface area contributed by atoms with Gasteiger partial charge in [-0.3, -0.25) is 14.4 Å². The molecule has 2 aromatic rings.